The maximum absolute atomic E-state index is 15.3. The number of rotatable bonds is 11. The van der Waals surface area contributed by atoms with E-state index in [4.69, 9.17) is 32.4 Å². The van der Waals surface area contributed by atoms with E-state index in [9.17, 15) is 9.90 Å². The third-order valence-corrected chi connectivity index (χ3v) is 7.87. The Labute approximate surface area is 235 Å². The van der Waals surface area contributed by atoms with E-state index in [2.05, 4.69) is 10.2 Å². The topological polar surface area (TPSA) is 78.2 Å². The van der Waals surface area contributed by atoms with E-state index in [1.165, 1.54) is 24.6 Å². The van der Waals surface area contributed by atoms with Crippen molar-refractivity contribution in [3.8, 4) is 5.75 Å². The average molecular weight is 582 g/mol. The fraction of sp³-hybridized carbons (Fsp3) is 0.464. The first-order valence-corrected chi connectivity index (χ1v) is 13.9. The molecule has 1 amide bonds. The van der Waals surface area contributed by atoms with Gasteiger partial charge in [0.15, 0.2) is 5.76 Å². The van der Waals surface area contributed by atoms with Gasteiger partial charge >= 0.3 is 5.92 Å². The summed E-state index contributed by atoms with van der Waals surface area (Å²) < 4.78 is 41.6. The summed E-state index contributed by atoms with van der Waals surface area (Å²) in [6, 6.07) is 9.40. The van der Waals surface area contributed by atoms with Crippen molar-refractivity contribution in [1.29, 1.82) is 0 Å². The maximum atomic E-state index is 15.3. The first-order valence-electron chi connectivity index (χ1n) is 13.1. The Morgan fingerprint density at radius 1 is 1.05 bits per heavy atom. The SMILES string of the molecule is O=C(N[C@H](CN1CCCC1)[C@H](O)c1ccc(OCCN2CCC2)c(Cl)c1)C(F)(F)c1cc2cc(Cl)ccc2o1. The predicted octanol–water partition coefficient (Wildman–Crippen LogP) is 5.23. The Morgan fingerprint density at radius 2 is 1.79 bits per heavy atom. The third-order valence-electron chi connectivity index (χ3n) is 7.34. The van der Waals surface area contributed by atoms with E-state index in [0.29, 0.717) is 33.4 Å². The van der Waals surface area contributed by atoms with Crippen molar-refractivity contribution < 1.29 is 27.8 Å². The molecule has 2 aliphatic rings. The number of furan rings is 1. The molecule has 2 aliphatic heterocycles. The first-order chi connectivity index (χ1) is 18.7. The molecule has 2 N–H and O–H groups in total. The lowest BCUT2D eigenvalue weighted by atomic mass is 10.0. The van der Waals surface area contributed by atoms with Crippen LogP contribution in [-0.2, 0) is 10.7 Å². The summed E-state index contributed by atoms with van der Waals surface area (Å²) in [5.74, 6) is -5.85. The van der Waals surface area contributed by atoms with Gasteiger partial charge in [-0.1, -0.05) is 29.3 Å². The number of carbonyl (C=O) groups excluding carboxylic acids is 1. The highest BCUT2D eigenvalue weighted by atomic mass is 35.5. The quantitative estimate of drug-likeness (QED) is 0.323. The largest absolute Gasteiger partial charge is 0.491 e. The number of likely N-dealkylation sites (tertiary alicyclic amines) is 2. The molecule has 0 radical (unpaired) electrons. The molecule has 0 bridgehead atoms. The zero-order valence-electron chi connectivity index (χ0n) is 21.3. The Morgan fingerprint density at radius 3 is 2.49 bits per heavy atom. The number of hydrogen-bond donors (Lipinski definition) is 2. The standard InChI is InChI=1S/C28H31Cl2F2N3O4/c29-20-5-7-23-19(14-20)16-25(39-23)28(31,32)27(37)33-22(17-35-8-1-2-9-35)26(36)18-4-6-24(21(30)15-18)38-13-12-34-10-3-11-34/h4-7,14-16,22,26,36H,1-3,8-13,17H2,(H,33,37)/t22-,26-/m1/s1. The molecule has 2 saturated heterocycles. The highest BCUT2D eigenvalue weighted by molar-refractivity contribution is 6.32. The van der Waals surface area contributed by atoms with Gasteiger partial charge in [-0.15, -0.1) is 0 Å². The second-order valence-corrected chi connectivity index (χ2v) is 11.0. The van der Waals surface area contributed by atoms with Crippen molar-refractivity contribution in [2.45, 2.75) is 37.3 Å². The molecule has 0 spiro atoms. The van der Waals surface area contributed by atoms with Crippen LogP contribution in [0.2, 0.25) is 10.0 Å². The molecular weight excluding hydrogens is 551 g/mol. The van der Waals surface area contributed by atoms with Crippen LogP contribution in [0.3, 0.4) is 0 Å². The molecule has 3 aromatic rings. The van der Waals surface area contributed by atoms with Crippen molar-refractivity contribution in [1.82, 2.24) is 15.1 Å². The van der Waals surface area contributed by atoms with E-state index >= 15 is 8.78 Å². The third kappa shape index (κ3) is 6.49. The van der Waals surface area contributed by atoms with Crippen LogP contribution in [-0.4, -0.2) is 72.7 Å². The number of nitrogens with one attached hydrogen (secondary N) is 1. The summed E-state index contributed by atoms with van der Waals surface area (Å²) in [4.78, 5) is 17.2. The molecule has 5 rings (SSSR count). The lowest BCUT2D eigenvalue weighted by Gasteiger charge is -2.30. The van der Waals surface area contributed by atoms with E-state index in [1.54, 1.807) is 18.2 Å². The van der Waals surface area contributed by atoms with Gasteiger partial charge in [0.1, 0.15) is 24.0 Å². The number of carbonyl (C=O) groups is 1. The minimum absolute atomic E-state index is 0.192. The van der Waals surface area contributed by atoms with E-state index in [0.717, 1.165) is 51.6 Å². The lowest BCUT2D eigenvalue weighted by Crippen LogP contribution is -2.50. The number of aliphatic hydroxyl groups is 1. The molecule has 2 fully saturated rings. The molecule has 210 valence electrons. The van der Waals surface area contributed by atoms with Gasteiger partial charge in [-0.25, -0.2) is 0 Å². The van der Waals surface area contributed by atoms with E-state index in [1.807, 2.05) is 4.90 Å². The van der Waals surface area contributed by atoms with Crippen LogP contribution in [0.15, 0.2) is 46.9 Å². The van der Waals surface area contributed by atoms with Gasteiger partial charge in [-0.3, -0.25) is 9.69 Å². The van der Waals surface area contributed by atoms with Gasteiger partial charge < -0.3 is 24.5 Å². The van der Waals surface area contributed by atoms with Gasteiger partial charge in [0.2, 0.25) is 0 Å². The fourth-order valence-corrected chi connectivity index (χ4v) is 5.37. The molecule has 2 aromatic carbocycles. The minimum atomic E-state index is -3.97. The molecule has 0 saturated carbocycles. The van der Waals surface area contributed by atoms with Crippen molar-refractivity contribution in [3.05, 3.63) is 63.8 Å². The summed E-state index contributed by atoms with van der Waals surface area (Å²) in [5, 5.41) is 14.7. The number of hydrogen-bond acceptors (Lipinski definition) is 6. The molecule has 11 heteroatoms. The number of ether oxygens (including phenoxy) is 1. The number of halogens is 4. The number of alkyl halides is 2. The van der Waals surface area contributed by atoms with Gasteiger partial charge in [0, 0.05) is 23.5 Å². The van der Waals surface area contributed by atoms with Crippen LogP contribution >= 0.6 is 23.2 Å². The average Bonchev–Trinajstić information content (AvgIpc) is 3.55. The second-order valence-electron chi connectivity index (χ2n) is 10.1. The van der Waals surface area contributed by atoms with Gasteiger partial charge in [-0.05, 0) is 87.4 Å². The predicted molar refractivity (Wildman–Crippen MR) is 146 cm³/mol. The van der Waals surface area contributed by atoms with Gasteiger partial charge in [0.05, 0.1) is 11.1 Å². The highest BCUT2D eigenvalue weighted by Crippen LogP contribution is 2.35. The van der Waals surface area contributed by atoms with E-state index < -0.39 is 29.7 Å². The minimum Gasteiger partial charge on any atom is -0.491 e. The zero-order chi connectivity index (χ0) is 27.6. The number of amides is 1. The Balaban J connectivity index is 1.31. The number of aliphatic hydroxyl groups excluding tert-OH is 1. The van der Waals surface area contributed by atoms with Crippen molar-refractivity contribution >= 4 is 40.1 Å². The van der Waals surface area contributed by atoms with Gasteiger partial charge in [-0.2, -0.15) is 8.78 Å². The fourth-order valence-electron chi connectivity index (χ4n) is 4.95. The van der Waals surface area contributed by atoms with Crippen LogP contribution < -0.4 is 10.1 Å². The molecule has 2 atom stereocenters. The summed E-state index contributed by atoms with van der Waals surface area (Å²) in [7, 11) is 0. The monoisotopic (exact) mass is 581 g/mol. The van der Waals surface area contributed by atoms with E-state index in [-0.39, 0.29) is 12.1 Å². The van der Waals surface area contributed by atoms with Crippen LogP contribution in [0, 0.1) is 0 Å². The highest BCUT2D eigenvalue weighted by Gasteiger charge is 2.46. The lowest BCUT2D eigenvalue weighted by molar-refractivity contribution is -0.151. The smallest absolute Gasteiger partial charge is 0.380 e. The Hall–Kier alpha value is -2.43. The van der Waals surface area contributed by atoms with Crippen molar-refractivity contribution in [2.24, 2.45) is 0 Å². The molecular formula is C28H31Cl2F2N3O4. The number of nitrogens with zero attached hydrogens (tertiary/aromatic N) is 2. The van der Waals surface area contributed by atoms with Crippen molar-refractivity contribution in [3.63, 3.8) is 0 Å². The molecule has 0 aliphatic carbocycles. The number of benzene rings is 2. The van der Waals surface area contributed by atoms with Crippen LogP contribution in [0.25, 0.3) is 11.0 Å². The van der Waals surface area contributed by atoms with Crippen LogP contribution in [0.5, 0.6) is 5.75 Å². The number of fused-ring (bicyclic) bond motifs is 1. The summed E-state index contributed by atoms with van der Waals surface area (Å²) >= 11 is 12.4. The van der Waals surface area contributed by atoms with Crippen LogP contribution in [0.1, 0.15) is 36.7 Å². The van der Waals surface area contributed by atoms with Gasteiger partial charge in [0.25, 0.3) is 5.91 Å². The summed E-state index contributed by atoms with van der Waals surface area (Å²) in [6.07, 6.45) is 1.84. The first kappa shape index (κ1) is 28.1. The molecule has 3 heterocycles. The molecule has 7 nitrogen and oxygen atoms in total. The molecule has 1 aromatic heterocycles. The second kappa shape index (κ2) is 12.0. The Kier molecular flexibility index (Phi) is 8.63. The Bertz CT molecular complexity index is 1310. The molecule has 0 unspecified atom stereocenters. The normalized spacial score (nSPS) is 18.2. The zero-order valence-corrected chi connectivity index (χ0v) is 22.9. The molecule has 39 heavy (non-hydrogen) atoms. The van der Waals surface area contributed by atoms with Crippen LogP contribution in [0.4, 0.5) is 8.78 Å². The maximum Gasteiger partial charge on any atom is 0.380 e. The van der Waals surface area contributed by atoms with Crippen molar-refractivity contribution in [2.75, 3.05) is 45.9 Å². The summed E-state index contributed by atoms with van der Waals surface area (Å²) in [6.45, 7) is 5.13. The summed E-state index contributed by atoms with van der Waals surface area (Å²) in [5.41, 5.74) is 0.582.